The first kappa shape index (κ1) is 24.8. The van der Waals surface area contributed by atoms with Crippen LogP contribution in [0.3, 0.4) is 0 Å². The Labute approximate surface area is 172 Å². The van der Waals surface area contributed by atoms with E-state index in [0.717, 1.165) is 25.7 Å². The van der Waals surface area contributed by atoms with Crippen LogP contribution in [0.5, 0.6) is 0 Å². The molecule has 2 aromatic rings. The second-order valence-electron chi connectivity index (χ2n) is 5.77. The van der Waals surface area contributed by atoms with Crippen molar-refractivity contribution in [1.29, 1.82) is 0 Å². The van der Waals surface area contributed by atoms with Crippen LogP contribution in [-0.2, 0) is 4.79 Å². The number of nitrogens with two attached hydrogens (primary N) is 1. The number of nitrogens with one attached hydrogen (secondary N) is 2. The molecule has 2 rings (SSSR count). The largest absolute Gasteiger partial charge is 0.330 e. The number of benzene rings is 1. The van der Waals surface area contributed by atoms with E-state index in [2.05, 4.69) is 15.6 Å². The molecule has 1 aromatic carbocycles. The highest BCUT2D eigenvalue weighted by Gasteiger charge is 2.07. The molecule has 0 saturated carbocycles. The van der Waals surface area contributed by atoms with Gasteiger partial charge in [0.25, 0.3) is 5.91 Å². The third-order valence-corrected chi connectivity index (χ3v) is 3.71. The van der Waals surface area contributed by atoms with Crippen molar-refractivity contribution in [1.82, 2.24) is 4.98 Å². The zero-order valence-electron chi connectivity index (χ0n) is 15.0. The van der Waals surface area contributed by atoms with Crippen molar-refractivity contribution >= 4 is 48.0 Å². The second kappa shape index (κ2) is 14.0. The summed E-state index contributed by atoms with van der Waals surface area (Å²) in [5.74, 6) is -0.230. The molecule has 1 aromatic heterocycles. The van der Waals surface area contributed by atoms with Gasteiger partial charge >= 0.3 is 0 Å². The first-order valence-electron chi connectivity index (χ1n) is 8.50. The Morgan fingerprint density at radius 3 is 2.22 bits per heavy atom. The average molecular weight is 413 g/mol. The molecule has 2 amide bonds. The molecule has 0 aliphatic heterocycles. The Bertz CT molecular complexity index is 682. The van der Waals surface area contributed by atoms with Crippen LogP contribution in [0.1, 0.15) is 42.5 Å². The lowest BCUT2D eigenvalue weighted by atomic mass is 10.1. The average Bonchev–Trinajstić information content (AvgIpc) is 2.63. The summed E-state index contributed by atoms with van der Waals surface area (Å²) in [6, 6.07) is 10.3. The number of pyridine rings is 1. The van der Waals surface area contributed by atoms with Crippen LogP contribution in [-0.4, -0.2) is 23.3 Å². The minimum Gasteiger partial charge on any atom is -0.330 e. The first-order valence-corrected chi connectivity index (χ1v) is 8.50. The summed E-state index contributed by atoms with van der Waals surface area (Å²) in [5.41, 5.74) is 7.28. The molecule has 148 valence electrons. The summed E-state index contributed by atoms with van der Waals surface area (Å²) in [4.78, 5) is 28.0. The van der Waals surface area contributed by atoms with Gasteiger partial charge in [0.15, 0.2) is 0 Å². The monoisotopic (exact) mass is 412 g/mol. The number of anilines is 2. The Hall–Kier alpha value is -2.15. The Balaban J connectivity index is 0.00000338. The third kappa shape index (κ3) is 9.38. The molecular weight excluding hydrogens is 387 g/mol. The fraction of sp³-hybridized carbons (Fsp3) is 0.316. The van der Waals surface area contributed by atoms with Gasteiger partial charge < -0.3 is 16.4 Å². The maximum atomic E-state index is 12.1. The minimum atomic E-state index is -0.217. The normalized spacial score (nSPS) is 9.52. The SMILES string of the molecule is Cl.Cl.NCCCCCCC(=O)Nc1ccc(C(=O)Nc2cccnc2)cc1. The van der Waals surface area contributed by atoms with Gasteiger partial charge in [-0.15, -0.1) is 24.8 Å². The van der Waals surface area contributed by atoms with Gasteiger partial charge in [-0.3, -0.25) is 14.6 Å². The number of hydrogen-bond donors (Lipinski definition) is 3. The first-order chi connectivity index (χ1) is 12.2. The van der Waals surface area contributed by atoms with Gasteiger partial charge in [-0.1, -0.05) is 12.8 Å². The lowest BCUT2D eigenvalue weighted by Crippen LogP contribution is -2.13. The van der Waals surface area contributed by atoms with Gasteiger partial charge in [0.1, 0.15) is 0 Å². The van der Waals surface area contributed by atoms with E-state index in [1.165, 1.54) is 0 Å². The molecule has 27 heavy (non-hydrogen) atoms. The smallest absolute Gasteiger partial charge is 0.255 e. The topological polar surface area (TPSA) is 97.1 Å². The molecule has 0 spiro atoms. The molecule has 0 radical (unpaired) electrons. The van der Waals surface area contributed by atoms with Crippen LogP contribution in [0.15, 0.2) is 48.8 Å². The minimum absolute atomic E-state index is 0. The van der Waals surface area contributed by atoms with Gasteiger partial charge in [-0.05, 0) is 55.8 Å². The predicted molar refractivity (Wildman–Crippen MR) is 114 cm³/mol. The number of nitrogens with zero attached hydrogens (tertiary/aromatic N) is 1. The number of carbonyl (C=O) groups is 2. The molecule has 0 atom stereocenters. The Kier molecular flexibility index (Phi) is 12.9. The van der Waals surface area contributed by atoms with Crippen LogP contribution in [0, 0.1) is 0 Å². The lowest BCUT2D eigenvalue weighted by Gasteiger charge is -2.07. The van der Waals surface area contributed by atoms with Gasteiger partial charge in [-0.2, -0.15) is 0 Å². The van der Waals surface area contributed by atoms with E-state index < -0.39 is 0 Å². The van der Waals surface area contributed by atoms with Gasteiger partial charge in [0.05, 0.1) is 11.9 Å². The summed E-state index contributed by atoms with van der Waals surface area (Å²) in [6.07, 6.45) is 7.66. The maximum absolute atomic E-state index is 12.1. The molecule has 4 N–H and O–H groups in total. The summed E-state index contributed by atoms with van der Waals surface area (Å²) in [7, 11) is 0. The lowest BCUT2D eigenvalue weighted by molar-refractivity contribution is -0.116. The molecule has 0 bridgehead atoms. The molecule has 0 saturated heterocycles. The predicted octanol–water partition coefficient (Wildman–Crippen LogP) is 4.03. The number of aromatic nitrogens is 1. The van der Waals surface area contributed by atoms with E-state index in [1.807, 2.05) is 0 Å². The standard InChI is InChI=1S/C19H24N4O2.2ClH/c20-12-4-2-1-3-7-18(24)22-16-10-8-15(9-11-16)19(25)23-17-6-5-13-21-14-17;;/h5-6,8-11,13-14H,1-4,7,12,20H2,(H,22,24)(H,23,25);2*1H. The highest BCUT2D eigenvalue weighted by molar-refractivity contribution is 6.04. The van der Waals surface area contributed by atoms with Crippen molar-refractivity contribution in [2.45, 2.75) is 32.1 Å². The van der Waals surface area contributed by atoms with Gasteiger partial charge in [-0.25, -0.2) is 0 Å². The second-order valence-corrected chi connectivity index (χ2v) is 5.77. The summed E-state index contributed by atoms with van der Waals surface area (Å²) in [5, 5.41) is 5.61. The van der Waals surface area contributed by atoms with E-state index in [9.17, 15) is 9.59 Å². The van der Waals surface area contributed by atoms with E-state index >= 15 is 0 Å². The van der Waals surface area contributed by atoms with Crippen molar-refractivity contribution in [3.05, 3.63) is 54.4 Å². The number of halogens is 2. The molecule has 6 nitrogen and oxygen atoms in total. The summed E-state index contributed by atoms with van der Waals surface area (Å²) < 4.78 is 0. The summed E-state index contributed by atoms with van der Waals surface area (Å²) in [6.45, 7) is 0.701. The van der Waals surface area contributed by atoms with Crippen LogP contribution >= 0.6 is 24.8 Å². The Morgan fingerprint density at radius 2 is 1.59 bits per heavy atom. The van der Waals surface area contributed by atoms with Gasteiger partial charge in [0, 0.05) is 23.9 Å². The van der Waals surface area contributed by atoms with E-state index in [1.54, 1.807) is 48.8 Å². The molecule has 0 fully saturated rings. The number of rotatable bonds is 9. The molecule has 8 heteroatoms. The number of unbranched alkanes of at least 4 members (excludes halogenated alkanes) is 3. The van der Waals surface area contributed by atoms with E-state index in [-0.39, 0.29) is 36.6 Å². The number of carbonyl (C=O) groups excluding carboxylic acids is 2. The number of amides is 2. The van der Waals surface area contributed by atoms with E-state index in [4.69, 9.17) is 5.73 Å². The highest BCUT2D eigenvalue weighted by atomic mass is 35.5. The molecule has 0 unspecified atom stereocenters. The van der Waals surface area contributed by atoms with Crippen LogP contribution in [0.4, 0.5) is 11.4 Å². The third-order valence-electron chi connectivity index (χ3n) is 3.71. The maximum Gasteiger partial charge on any atom is 0.255 e. The van der Waals surface area contributed by atoms with Crippen molar-refractivity contribution in [3.8, 4) is 0 Å². The van der Waals surface area contributed by atoms with Crippen molar-refractivity contribution in [2.75, 3.05) is 17.2 Å². The van der Waals surface area contributed by atoms with Crippen LogP contribution < -0.4 is 16.4 Å². The zero-order valence-corrected chi connectivity index (χ0v) is 16.7. The van der Waals surface area contributed by atoms with Gasteiger partial charge in [0.2, 0.25) is 5.91 Å². The Morgan fingerprint density at radius 1 is 0.889 bits per heavy atom. The summed E-state index contributed by atoms with van der Waals surface area (Å²) >= 11 is 0. The van der Waals surface area contributed by atoms with E-state index in [0.29, 0.717) is 29.9 Å². The fourth-order valence-corrected chi connectivity index (χ4v) is 2.35. The molecular formula is C19H26Cl2N4O2. The number of hydrogen-bond acceptors (Lipinski definition) is 4. The van der Waals surface area contributed by atoms with Crippen molar-refractivity contribution in [3.63, 3.8) is 0 Å². The zero-order chi connectivity index (χ0) is 17.9. The highest BCUT2D eigenvalue weighted by Crippen LogP contribution is 2.13. The molecule has 0 aliphatic rings. The van der Waals surface area contributed by atoms with Crippen molar-refractivity contribution < 1.29 is 9.59 Å². The molecule has 1 heterocycles. The molecule has 0 aliphatic carbocycles. The fourth-order valence-electron chi connectivity index (χ4n) is 2.35. The quantitative estimate of drug-likeness (QED) is 0.541. The van der Waals surface area contributed by atoms with Crippen LogP contribution in [0.2, 0.25) is 0 Å². The van der Waals surface area contributed by atoms with Crippen molar-refractivity contribution in [2.24, 2.45) is 5.73 Å². The van der Waals surface area contributed by atoms with Crippen LogP contribution in [0.25, 0.3) is 0 Å².